The van der Waals surface area contributed by atoms with E-state index in [-0.39, 0.29) is 28.4 Å². The lowest BCUT2D eigenvalue weighted by Crippen LogP contribution is -2.48. The van der Waals surface area contributed by atoms with Gasteiger partial charge >= 0.3 is 0 Å². The van der Waals surface area contributed by atoms with Crippen LogP contribution in [-0.4, -0.2) is 31.8 Å². The fourth-order valence-electron chi connectivity index (χ4n) is 2.98. The molecule has 2 N–H and O–H groups in total. The maximum atomic E-state index is 12.6. The van der Waals surface area contributed by atoms with E-state index in [0.717, 1.165) is 6.42 Å². The van der Waals surface area contributed by atoms with Gasteiger partial charge in [-0.25, -0.2) is 13.6 Å². The number of amides is 1. The second kappa shape index (κ2) is 5.46. The van der Waals surface area contributed by atoms with Crippen molar-refractivity contribution in [2.75, 3.05) is 6.54 Å². The van der Waals surface area contributed by atoms with Crippen LogP contribution in [0.3, 0.4) is 0 Å². The Bertz CT molecular complexity index is 650. The molecular formula is C14H22N2O4S. The van der Waals surface area contributed by atoms with Crippen molar-refractivity contribution < 1.29 is 17.6 Å². The van der Waals surface area contributed by atoms with Crippen LogP contribution in [0.25, 0.3) is 0 Å². The lowest BCUT2D eigenvalue weighted by atomic mass is 9.86. The second-order valence-electron chi connectivity index (χ2n) is 6.09. The summed E-state index contributed by atoms with van der Waals surface area (Å²) in [4.78, 5) is 14.2. The predicted molar refractivity (Wildman–Crippen MR) is 78.3 cm³/mol. The largest absolute Gasteiger partial charge is 0.455 e. The lowest BCUT2D eigenvalue weighted by Gasteiger charge is -2.40. The van der Waals surface area contributed by atoms with Crippen LogP contribution in [0.15, 0.2) is 15.4 Å². The Morgan fingerprint density at radius 3 is 2.52 bits per heavy atom. The van der Waals surface area contributed by atoms with Crippen molar-refractivity contribution in [2.24, 2.45) is 17.0 Å². The summed E-state index contributed by atoms with van der Waals surface area (Å²) >= 11 is 0. The Kier molecular flexibility index (Phi) is 4.17. The van der Waals surface area contributed by atoms with Gasteiger partial charge in [-0.15, -0.1) is 0 Å². The van der Waals surface area contributed by atoms with E-state index in [9.17, 15) is 13.2 Å². The Morgan fingerprint density at radius 1 is 1.38 bits per heavy atom. The molecule has 0 aliphatic carbocycles. The van der Waals surface area contributed by atoms with E-state index in [0.29, 0.717) is 18.4 Å². The number of rotatable bonds is 2. The second-order valence-corrected chi connectivity index (χ2v) is 7.62. The molecule has 3 unspecified atom stereocenters. The van der Waals surface area contributed by atoms with Crippen molar-refractivity contribution in [3.63, 3.8) is 0 Å². The third-order valence-electron chi connectivity index (χ3n) is 4.25. The van der Waals surface area contributed by atoms with Crippen molar-refractivity contribution in [1.82, 2.24) is 4.90 Å². The standard InChI is InChI=1S/C14H22N2O4S/c1-8-5-9(2)10(3)16(7-8)14(17)12-6-13(11(4)20-12)21(15,18)19/h6,8-10H,5,7H2,1-4H3,(H2,15,18,19). The minimum atomic E-state index is -3.88. The molecule has 118 valence electrons. The summed E-state index contributed by atoms with van der Waals surface area (Å²) in [5, 5.41) is 5.11. The molecule has 1 aromatic heterocycles. The first-order chi connectivity index (χ1) is 9.61. The highest BCUT2D eigenvalue weighted by atomic mass is 32.2. The summed E-state index contributed by atoms with van der Waals surface area (Å²) in [5.41, 5.74) is 0. The van der Waals surface area contributed by atoms with Crippen LogP contribution in [0, 0.1) is 18.8 Å². The highest BCUT2D eigenvalue weighted by Crippen LogP contribution is 2.29. The minimum Gasteiger partial charge on any atom is -0.455 e. The van der Waals surface area contributed by atoms with Gasteiger partial charge in [-0.05, 0) is 32.1 Å². The van der Waals surface area contributed by atoms with Crippen LogP contribution in [0.4, 0.5) is 0 Å². The molecule has 0 radical (unpaired) electrons. The molecule has 0 spiro atoms. The van der Waals surface area contributed by atoms with Crippen LogP contribution in [0.2, 0.25) is 0 Å². The smallest absolute Gasteiger partial charge is 0.289 e. The monoisotopic (exact) mass is 314 g/mol. The summed E-state index contributed by atoms with van der Waals surface area (Å²) in [6.45, 7) is 8.36. The summed E-state index contributed by atoms with van der Waals surface area (Å²) in [6.07, 6.45) is 1.07. The molecule has 1 amide bonds. The number of nitrogens with zero attached hydrogens (tertiary/aromatic N) is 1. The van der Waals surface area contributed by atoms with Crippen molar-refractivity contribution in [3.05, 3.63) is 17.6 Å². The number of likely N-dealkylation sites (tertiary alicyclic amines) is 1. The molecule has 7 heteroatoms. The van der Waals surface area contributed by atoms with Gasteiger partial charge in [0.2, 0.25) is 10.0 Å². The zero-order valence-corrected chi connectivity index (χ0v) is 13.6. The lowest BCUT2D eigenvalue weighted by molar-refractivity contribution is 0.0424. The third-order valence-corrected chi connectivity index (χ3v) is 5.27. The molecule has 1 aliphatic rings. The van der Waals surface area contributed by atoms with Gasteiger partial charge in [-0.1, -0.05) is 13.8 Å². The first-order valence-corrected chi connectivity index (χ1v) is 8.60. The fourth-order valence-corrected chi connectivity index (χ4v) is 3.69. The van der Waals surface area contributed by atoms with Gasteiger partial charge < -0.3 is 9.32 Å². The van der Waals surface area contributed by atoms with Gasteiger partial charge in [0, 0.05) is 18.7 Å². The van der Waals surface area contributed by atoms with Crippen molar-refractivity contribution in [2.45, 2.75) is 45.1 Å². The van der Waals surface area contributed by atoms with Gasteiger partial charge in [0.15, 0.2) is 5.76 Å². The number of primary sulfonamides is 1. The van der Waals surface area contributed by atoms with Gasteiger partial charge in [0.25, 0.3) is 5.91 Å². The van der Waals surface area contributed by atoms with Crippen LogP contribution in [0.1, 0.15) is 43.5 Å². The normalized spacial score (nSPS) is 26.9. The molecule has 1 fully saturated rings. The summed E-state index contributed by atoms with van der Waals surface area (Å²) in [5.74, 6) is 0.704. The van der Waals surface area contributed by atoms with Crippen molar-refractivity contribution in [1.29, 1.82) is 0 Å². The molecule has 2 heterocycles. The van der Waals surface area contributed by atoms with E-state index < -0.39 is 10.0 Å². The number of piperidine rings is 1. The number of aryl methyl sites for hydroxylation is 1. The summed E-state index contributed by atoms with van der Waals surface area (Å²) in [6, 6.07) is 1.32. The molecule has 2 rings (SSSR count). The van der Waals surface area contributed by atoms with Gasteiger partial charge in [0.1, 0.15) is 10.7 Å². The van der Waals surface area contributed by atoms with Crippen LogP contribution < -0.4 is 5.14 Å². The number of sulfonamides is 1. The first kappa shape index (κ1) is 16.0. The zero-order chi connectivity index (χ0) is 15.9. The third kappa shape index (κ3) is 3.13. The highest BCUT2D eigenvalue weighted by molar-refractivity contribution is 7.89. The molecule has 0 aromatic carbocycles. The topological polar surface area (TPSA) is 93.6 Å². The Hall–Kier alpha value is -1.34. The number of hydrogen-bond acceptors (Lipinski definition) is 4. The Labute approximate surface area is 125 Å². The average molecular weight is 314 g/mol. The molecule has 0 saturated carbocycles. The summed E-state index contributed by atoms with van der Waals surface area (Å²) in [7, 11) is -3.88. The van der Waals surface area contributed by atoms with E-state index in [2.05, 4.69) is 13.8 Å². The molecule has 1 saturated heterocycles. The van der Waals surface area contributed by atoms with Crippen LogP contribution >= 0.6 is 0 Å². The highest BCUT2D eigenvalue weighted by Gasteiger charge is 2.34. The summed E-state index contributed by atoms with van der Waals surface area (Å²) < 4.78 is 28.2. The number of carbonyl (C=O) groups is 1. The van der Waals surface area contributed by atoms with E-state index >= 15 is 0 Å². The first-order valence-electron chi connectivity index (χ1n) is 7.05. The minimum absolute atomic E-state index is 0.0321. The molecule has 1 aliphatic heterocycles. The SMILES string of the molecule is Cc1oc(C(=O)N2CC(C)CC(C)C2C)cc1S(N)(=O)=O. The van der Waals surface area contributed by atoms with Crippen LogP contribution in [0.5, 0.6) is 0 Å². The van der Waals surface area contributed by atoms with Gasteiger partial charge in [0.05, 0.1) is 0 Å². The molecule has 21 heavy (non-hydrogen) atoms. The van der Waals surface area contributed by atoms with E-state index in [1.165, 1.54) is 13.0 Å². The quantitative estimate of drug-likeness (QED) is 0.899. The predicted octanol–water partition coefficient (Wildman–Crippen LogP) is 1.74. The average Bonchev–Trinajstić information content (AvgIpc) is 2.75. The molecule has 3 atom stereocenters. The van der Waals surface area contributed by atoms with E-state index in [1.54, 1.807) is 4.90 Å². The van der Waals surface area contributed by atoms with Crippen molar-refractivity contribution >= 4 is 15.9 Å². The Morgan fingerprint density at radius 2 is 2.00 bits per heavy atom. The molecular weight excluding hydrogens is 292 g/mol. The molecule has 0 bridgehead atoms. The number of nitrogens with two attached hydrogens (primary N) is 1. The van der Waals surface area contributed by atoms with Gasteiger partial charge in [-0.2, -0.15) is 0 Å². The molecule has 6 nitrogen and oxygen atoms in total. The Balaban J connectivity index is 2.32. The fraction of sp³-hybridized carbons (Fsp3) is 0.643. The van der Waals surface area contributed by atoms with E-state index in [4.69, 9.17) is 9.56 Å². The zero-order valence-electron chi connectivity index (χ0n) is 12.8. The molecule has 1 aromatic rings. The van der Waals surface area contributed by atoms with E-state index in [1.807, 2.05) is 6.92 Å². The number of furan rings is 1. The maximum Gasteiger partial charge on any atom is 0.289 e. The van der Waals surface area contributed by atoms with Crippen molar-refractivity contribution in [3.8, 4) is 0 Å². The van der Waals surface area contributed by atoms with Gasteiger partial charge in [-0.3, -0.25) is 4.79 Å². The number of hydrogen-bond donors (Lipinski definition) is 1. The maximum absolute atomic E-state index is 12.6. The van der Waals surface area contributed by atoms with Crippen LogP contribution in [-0.2, 0) is 10.0 Å². The number of carbonyl (C=O) groups excluding carboxylic acids is 1.